The maximum Gasteiger partial charge on any atom is 0.125 e. The molecule has 0 aliphatic heterocycles. The Labute approximate surface area is 83.4 Å². The first-order valence-electron chi connectivity index (χ1n) is 4.45. The molecular weight excluding hydrogens is 182 g/mol. The predicted molar refractivity (Wildman–Crippen MR) is 51.4 cm³/mol. The van der Waals surface area contributed by atoms with Crippen molar-refractivity contribution in [3.63, 3.8) is 0 Å². The van der Waals surface area contributed by atoms with Gasteiger partial charge in [0.05, 0.1) is 25.5 Å². The fraction of sp³-hybridized carbons (Fsp3) is 0.556. The predicted octanol–water partition coefficient (Wildman–Crippen LogP) is 0.453. The number of aryl methyl sites for hydroxylation is 1. The van der Waals surface area contributed by atoms with Gasteiger partial charge in [-0.25, -0.2) is 9.97 Å². The van der Waals surface area contributed by atoms with E-state index in [0.717, 1.165) is 11.5 Å². The maximum atomic E-state index is 5.08. The molecule has 0 atom stereocenters. The van der Waals surface area contributed by atoms with Gasteiger partial charge in [-0.1, -0.05) is 0 Å². The van der Waals surface area contributed by atoms with E-state index < -0.39 is 0 Å². The third kappa shape index (κ3) is 4.27. The molecule has 0 aliphatic rings. The second-order valence-electron chi connectivity index (χ2n) is 2.76. The number of hydrogen-bond acceptors (Lipinski definition) is 5. The van der Waals surface area contributed by atoms with Crippen molar-refractivity contribution in [2.24, 2.45) is 0 Å². The molecule has 0 fully saturated rings. The minimum Gasteiger partial charge on any atom is -0.382 e. The zero-order chi connectivity index (χ0) is 10.2. The van der Waals surface area contributed by atoms with Crippen LogP contribution in [0.1, 0.15) is 11.5 Å². The number of nitrogens with one attached hydrogen (secondary N) is 1. The average Bonchev–Trinajstić information content (AvgIpc) is 2.18. The molecule has 0 aliphatic carbocycles. The summed E-state index contributed by atoms with van der Waals surface area (Å²) < 4.78 is 4.82. The monoisotopic (exact) mass is 197 g/mol. The molecule has 78 valence electrons. The molecule has 0 unspecified atom stereocenters. The van der Waals surface area contributed by atoms with Crippen LogP contribution in [0.25, 0.3) is 0 Å². The van der Waals surface area contributed by atoms with Gasteiger partial charge in [0.1, 0.15) is 5.82 Å². The van der Waals surface area contributed by atoms with Gasteiger partial charge in [-0.2, -0.15) is 5.48 Å². The van der Waals surface area contributed by atoms with E-state index in [2.05, 4.69) is 15.4 Å². The van der Waals surface area contributed by atoms with Crippen molar-refractivity contribution in [2.75, 3.05) is 20.3 Å². The largest absolute Gasteiger partial charge is 0.382 e. The summed E-state index contributed by atoms with van der Waals surface area (Å²) in [4.78, 5) is 13.3. The lowest BCUT2D eigenvalue weighted by molar-refractivity contribution is 0.00296. The molecule has 1 rings (SSSR count). The van der Waals surface area contributed by atoms with Crippen molar-refractivity contribution in [1.29, 1.82) is 0 Å². The first-order valence-corrected chi connectivity index (χ1v) is 4.45. The van der Waals surface area contributed by atoms with Gasteiger partial charge in [-0.15, -0.1) is 0 Å². The molecule has 1 N–H and O–H groups in total. The van der Waals surface area contributed by atoms with Crippen LogP contribution in [0.3, 0.4) is 0 Å². The molecule has 0 radical (unpaired) electrons. The van der Waals surface area contributed by atoms with Crippen molar-refractivity contribution in [3.05, 3.63) is 23.8 Å². The molecule has 14 heavy (non-hydrogen) atoms. The smallest absolute Gasteiger partial charge is 0.125 e. The standard InChI is InChI=1S/C9H15N3O2/c1-8-10-4-3-9(12-8)7-11-14-6-5-13-2/h3-4,11H,5-7H2,1-2H3. The minimum absolute atomic E-state index is 0.528. The summed E-state index contributed by atoms with van der Waals surface area (Å²) in [5.41, 5.74) is 3.71. The molecule has 0 saturated heterocycles. The van der Waals surface area contributed by atoms with Crippen molar-refractivity contribution >= 4 is 0 Å². The number of hydrogen-bond donors (Lipinski definition) is 1. The summed E-state index contributed by atoms with van der Waals surface area (Å²) in [6, 6.07) is 1.85. The SMILES string of the molecule is COCCONCc1ccnc(C)n1. The van der Waals surface area contributed by atoms with Gasteiger partial charge in [-0.3, -0.25) is 4.84 Å². The van der Waals surface area contributed by atoms with Crippen LogP contribution in [0, 0.1) is 6.92 Å². The van der Waals surface area contributed by atoms with Crippen LogP contribution in [-0.2, 0) is 16.1 Å². The molecule has 0 saturated carbocycles. The second kappa shape index (κ2) is 6.42. The highest BCUT2D eigenvalue weighted by Gasteiger charge is 1.94. The average molecular weight is 197 g/mol. The number of aromatic nitrogens is 2. The van der Waals surface area contributed by atoms with E-state index in [-0.39, 0.29) is 0 Å². The van der Waals surface area contributed by atoms with Crippen LogP contribution < -0.4 is 5.48 Å². The van der Waals surface area contributed by atoms with E-state index in [1.807, 2.05) is 13.0 Å². The van der Waals surface area contributed by atoms with E-state index in [1.54, 1.807) is 13.3 Å². The molecule has 1 heterocycles. The number of hydroxylamine groups is 1. The summed E-state index contributed by atoms with van der Waals surface area (Å²) in [5, 5.41) is 0. The summed E-state index contributed by atoms with van der Waals surface area (Å²) in [7, 11) is 1.64. The number of rotatable bonds is 6. The zero-order valence-electron chi connectivity index (χ0n) is 8.49. The molecule has 5 nitrogen and oxygen atoms in total. The molecule has 1 aromatic heterocycles. The number of methoxy groups -OCH3 is 1. The van der Waals surface area contributed by atoms with Crippen LogP contribution in [0.5, 0.6) is 0 Å². The normalized spacial score (nSPS) is 10.4. The molecule has 0 spiro atoms. The molecule has 0 amide bonds. The maximum absolute atomic E-state index is 5.08. The lowest BCUT2D eigenvalue weighted by Gasteiger charge is -2.04. The summed E-state index contributed by atoms with van der Waals surface area (Å²) in [5.74, 6) is 0.765. The molecule has 0 aromatic carbocycles. The Morgan fingerprint density at radius 2 is 2.29 bits per heavy atom. The lowest BCUT2D eigenvalue weighted by atomic mass is 10.4. The fourth-order valence-electron chi connectivity index (χ4n) is 0.926. The lowest BCUT2D eigenvalue weighted by Crippen LogP contribution is -2.18. The third-order valence-corrected chi connectivity index (χ3v) is 1.58. The highest BCUT2D eigenvalue weighted by atomic mass is 16.7. The van der Waals surface area contributed by atoms with Gasteiger partial charge < -0.3 is 4.74 Å². The molecule has 5 heteroatoms. The minimum atomic E-state index is 0.528. The van der Waals surface area contributed by atoms with Crippen LogP contribution in [0.4, 0.5) is 0 Å². The van der Waals surface area contributed by atoms with Crippen LogP contribution in [-0.4, -0.2) is 30.3 Å². The molecular formula is C9H15N3O2. The van der Waals surface area contributed by atoms with E-state index in [9.17, 15) is 0 Å². The van der Waals surface area contributed by atoms with Gasteiger partial charge in [0.2, 0.25) is 0 Å². The van der Waals surface area contributed by atoms with Crippen molar-refractivity contribution in [3.8, 4) is 0 Å². The number of nitrogens with zero attached hydrogens (tertiary/aromatic N) is 2. The summed E-state index contributed by atoms with van der Waals surface area (Å²) in [6.45, 7) is 3.54. The van der Waals surface area contributed by atoms with Crippen molar-refractivity contribution in [1.82, 2.24) is 15.4 Å². The van der Waals surface area contributed by atoms with Gasteiger partial charge in [0.15, 0.2) is 0 Å². The first-order chi connectivity index (χ1) is 6.83. The van der Waals surface area contributed by atoms with Crippen LogP contribution in [0.2, 0.25) is 0 Å². The first kappa shape index (κ1) is 11.0. The van der Waals surface area contributed by atoms with Gasteiger partial charge in [0.25, 0.3) is 0 Å². The van der Waals surface area contributed by atoms with E-state index in [0.29, 0.717) is 19.8 Å². The van der Waals surface area contributed by atoms with E-state index in [4.69, 9.17) is 9.57 Å². The Balaban J connectivity index is 2.18. The molecule has 0 bridgehead atoms. The third-order valence-electron chi connectivity index (χ3n) is 1.58. The Kier molecular flexibility index (Phi) is 5.06. The fourth-order valence-corrected chi connectivity index (χ4v) is 0.926. The van der Waals surface area contributed by atoms with Gasteiger partial charge >= 0.3 is 0 Å². The van der Waals surface area contributed by atoms with Crippen LogP contribution in [0.15, 0.2) is 12.3 Å². The van der Waals surface area contributed by atoms with Gasteiger partial charge in [0, 0.05) is 13.3 Å². The second-order valence-corrected chi connectivity index (χ2v) is 2.76. The highest BCUT2D eigenvalue weighted by molar-refractivity contribution is 5.00. The number of ether oxygens (including phenoxy) is 1. The summed E-state index contributed by atoms with van der Waals surface area (Å²) >= 11 is 0. The quantitative estimate of drug-likeness (QED) is 0.530. The zero-order valence-corrected chi connectivity index (χ0v) is 8.49. The van der Waals surface area contributed by atoms with Crippen molar-refractivity contribution < 1.29 is 9.57 Å². The van der Waals surface area contributed by atoms with Gasteiger partial charge in [-0.05, 0) is 13.0 Å². The van der Waals surface area contributed by atoms with Crippen molar-refractivity contribution in [2.45, 2.75) is 13.5 Å². The Hall–Kier alpha value is -1.04. The van der Waals surface area contributed by atoms with E-state index >= 15 is 0 Å². The Bertz CT molecular complexity index is 268. The van der Waals surface area contributed by atoms with Crippen LogP contribution >= 0.6 is 0 Å². The topological polar surface area (TPSA) is 56.3 Å². The Morgan fingerprint density at radius 3 is 3.00 bits per heavy atom. The highest BCUT2D eigenvalue weighted by Crippen LogP contribution is 1.93. The Morgan fingerprint density at radius 1 is 1.43 bits per heavy atom. The summed E-state index contributed by atoms with van der Waals surface area (Å²) in [6.07, 6.45) is 1.73. The van der Waals surface area contributed by atoms with E-state index in [1.165, 1.54) is 0 Å². The molecule has 1 aromatic rings.